The number of aromatic nitrogens is 3. The molecule has 2 aromatic heterocycles. The molecular formula is C49H29N3O. The lowest BCUT2D eigenvalue weighted by Crippen LogP contribution is -2.00. The van der Waals surface area contributed by atoms with Gasteiger partial charge >= 0.3 is 0 Å². The van der Waals surface area contributed by atoms with E-state index < -0.39 is 0 Å². The van der Waals surface area contributed by atoms with Gasteiger partial charge in [0, 0.05) is 33.0 Å². The van der Waals surface area contributed by atoms with Crippen molar-refractivity contribution in [3.05, 3.63) is 176 Å². The minimum atomic E-state index is 0.597. The van der Waals surface area contributed by atoms with Crippen molar-refractivity contribution in [1.29, 1.82) is 0 Å². The van der Waals surface area contributed by atoms with Crippen LogP contribution in [0.3, 0.4) is 0 Å². The molecule has 0 radical (unpaired) electrons. The Morgan fingerprint density at radius 3 is 1.75 bits per heavy atom. The maximum absolute atomic E-state index is 6.80. The molecule has 0 aliphatic carbocycles. The summed E-state index contributed by atoms with van der Waals surface area (Å²) < 4.78 is 6.80. The number of hydrogen-bond donors (Lipinski definition) is 0. The number of furan rings is 1. The van der Waals surface area contributed by atoms with Gasteiger partial charge in [0.25, 0.3) is 0 Å². The monoisotopic (exact) mass is 675 g/mol. The van der Waals surface area contributed by atoms with Crippen LogP contribution in [-0.4, -0.2) is 15.0 Å². The van der Waals surface area contributed by atoms with Crippen molar-refractivity contribution < 1.29 is 4.42 Å². The summed E-state index contributed by atoms with van der Waals surface area (Å²) >= 11 is 0. The van der Waals surface area contributed by atoms with Crippen LogP contribution in [0.2, 0.25) is 0 Å². The van der Waals surface area contributed by atoms with Gasteiger partial charge in [-0.3, -0.25) is 0 Å². The molecule has 246 valence electrons. The molecule has 0 saturated carbocycles. The Kier molecular flexibility index (Phi) is 6.52. The lowest BCUT2D eigenvalue weighted by atomic mass is 9.94. The second-order valence-corrected chi connectivity index (χ2v) is 13.6. The molecule has 0 spiro atoms. The fourth-order valence-corrected chi connectivity index (χ4v) is 7.94. The second kappa shape index (κ2) is 11.7. The maximum Gasteiger partial charge on any atom is 0.164 e. The van der Waals surface area contributed by atoms with E-state index in [1.54, 1.807) is 0 Å². The van der Waals surface area contributed by atoms with Crippen LogP contribution >= 0.6 is 0 Å². The van der Waals surface area contributed by atoms with Gasteiger partial charge < -0.3 is 4.42 Å². The van der Waals surface area contributed by atoms with Gasteiger partial charge in [0.2, 0.25) is 0 Å². The van der Waals surface area contributed by atoms with E-state index in [0.29, 0.717) is 17.5 Å². The van der Waals surface area contributed by atoms with Crippen LogP contribution in [0.25, 0.3) is 110 Å². The molecule has 0 unspecified atom stereocenters. The Hall–Kier alpha value is -7.17. The molecule has 0 aliphatic heterocycles. The standard InChI is InChI=1S/C49H29N3O/c1-2-13-32(14-3-1)44-40-18-9-7-16-34(40)29-42-45-41(19-10-20-43(45)53-46(42)44)49-51-47(36-24-21-30-11-4-5-15-33(30)27-36)50-48(52-49)37-25-26-39-35(28-37)23-22-31-12-6-8-17-38(31)39/h1-29H. The SMILES string of the molecule is c1ccc(-c2c3ccccc3cc3c2oc2cccc(-c4nc(-c5ccc6ccccc6c5)nc(-c5ccc6c(ccc7ccccc76)c5)n4)c23)cc1. The number of benzene rings is 9. The molecule has 11 aromatic rings. The van der Waals surface area contributed by atoms with Gasteiger partial charge in [0.05, 0.1) is 0 Å². The highest BCUT2D eigenvalue weighted by Gasteiger charge is 2.21. The largest absolute Gasteiger partial charge is 0.455 e. The molecule has 9 aromatic carbocycles. The third kappa shape index (κ3) is 4.80. The van der Waals surface area contributed by atoms with Crippen LogP contribution < -0.4 is 0 Å². The van der Waals surface area contributed by atoms with E-state index in [4.69, 9.17) is 19.4 Å². The molecule has 0 atom stereocenters. The average Bonchev–Trinajstić information content (AvgIpc) is 3.60. The quantitative estimate of drug-likeness (QED) is 0.174. The fourth-order valence-electron chi connectivity index (χ4n) is 7.94. The predicted molar refractivity (Wildman–Crippen MR) is 219 cm³/mol. The van der Waals surface area contributed by atoms with Gasteiger partial charge in [0.1, 0.15) is 11.2 Å². The number of fused-ring (bicyclic) bond motifs is 8. The van der Waals surface area contributed by atoms with Crippen LogP contribution in [0.1, 0.15) is 0 Å². The summed E-state index contributed by atoms with van der Waals surface area (Å²) in [5, 5.41) is 11.4. The molecule has 11 rings (SSSR count). The summed E-state index contributed by atoms with van der Waals surface area (Å²) in [6.07, 6.45) is 0. The van der Waals surface area contributed by atoms with Crippen molar-refractivity contribution in [2.75, 3.05) is 0 Å². The maximum atomic E-state index is 6.80. The normalized spacial score (nSPS) is 11.8. The van der Waals surface area contributed by atoms with Crippen molar-refractivity contribution in [1.82, 2.24) is 15.0 Å². The molecule has 0 saturated heterocycles. The molecule has 0 bridgehead atoms. The summed E-state index contributed by atoms with van der Waals surface area (Å²) in [7, 11) is 0. The molecule has 0 N–H and O–H groups in total. The first-order chi connectivity index (χ1) is 26.2. The van der Waals surface area contributed by atoms with Gasteiger partial charge in [-0.25, -0.2) is 15.0 Å². The minimum Gasteiger partial charge on any atom is -0.455 e. The Morgan fingerprint density at radius 2 is 0.925 bits per heavy atom. The highest BCUT2D eigenvalue weighted by Crippen LogP contribution is 2.44. The van der Waals surface area contributed by atoms with E-state index in [0.717, 1.165) is 71.3 Å². The summed E-state index contributed by atoms with van der Waals surface area (Å²) in [5.41, 5.74) is 6.59. The smallest absolute Gasteiger partial charge is 0.164 e. The zero-order chi connectivity index (χ0) is 34.9. The van der Waals surface area contributed by atoms with E-state index in [2.05, 4.69) is 158 Å². The topological polar surface area (TPSA) is 51.8 Å². The van der Waals surface area contributed by atoms with E-state index in [1.807, 2.05) is 18.2 Å². The number of hydrogen-bond acceptors (Lipinski definition) is 4. The van der Waals surface area contributed by atoms with Crippen molar-refractivity contribution in [3.8, 4) is 45.3 Å². The second-order valence-electron chi connectivity index (χ2n) is 13.6. The van der Waals surface area contributed by atoms with Crippen molar-refractivity contribution >= 4 is 65.0 Å². The van der Waals surface area contributed by atoms with Gasteiger partial charge in [-0.05, 0) is 72.9 Å². The van der Waals surface area contributed by atoms with Crippen molar-refractivity contribution in [2.45, 2.75) is 0 Å². The number of rotatable bonds is 4. The zero-order valence-corrected chi connectivity index (χ0v) is 28.5. The first kappa shape index (κ1) is 29.5. The van der Waals surface area contributed by atoms with Crippen molar-refractivity contribution in [2.24, 2.45) is 0 Å². The highest BCUT2D eigenvalue weighted by atomic mass is 16.3. The Balaban J connectivity index is 1.18. The predicted octanol–water partition coefficient (Wildman–Crippen LogP) is 13.1. The van der Waals surface area contributed by atoms with E-state index in [-0.39, 0.29) is 0 Å². The third-order valence-electron chi connectivity index (χ3n) is 10.5. The summed E-state index contributed by atoms with van der Waals surface area (Å²) in [6.45, 7) is 0. The summed E-state index contributed by atoms with van der Waals surface area (Å²) in [5.74, 6) is 1.84. The Labute approximate surface area is 304 Å². The molecule has 2 heterocycles. The molecule has 4 heteroatoms. The molecule has 0 fully saturated rings. The Morgan fingerprint density at radius 1 is 0.340 bits per heavy atom. The molecular weight excluding hydrogens is 647 g/mol. The highest BCUT2D eigenvalue weighted by molar-refractivity contribution is 6.21. The zero-order valence-electron chi connectivity index (χ0n) is 28.5. The van der Waals surface area contributed by atoms with Gasteiger partial charge in [-0.15, -0.1) is 0 Å². The first-order valence-corrected chi connectivity index (χ1v) is 17.9. The van der Waals surface area contributed by atoms with E-state index >= 15 is 0 Å². The van der Waals surface area contributed by atoms with Gasteiger partial charge in [-0.2, -0.15) is 0 Å². The molecule has 53 heavy (non-hydrogen) atoms. The lowest BCUT2D eigenvalue weighted by molar-refractivity contribution is 0.670. The first-order valence-electron chi connectivity index (χ1n) is 17.9. The van der Waals surface area contributed by atoms with Crippen LogP contribution in [0.5, 0.6) is 0 Å². The average molecular weight is 676 g/mol. The van der Waals surface area contributed by atoms with Crippen LogP contribution in [0, 0.1) is 0 Å². The molecule has 4 nitrogen and oxygen atoms in total. The van der Waals surface area contributed by atoms with Gasteiger partial charge in [0.15, 0.2) is 17.5 Å². The van der Waals surface area contributed by atoms with Crippen LogP contribution in [0.15, 0.2) is 180 Å². The van der Waals surface area contributed by atoms with Crippen LogP contribution in [0.4, 0.5) is 0 Å². The number of nitrogens with zero attached hydrogens (tertiary/aromatic N) is 3. The fraction of sp³-hybridized carbons (Fsp3) is 0. The van der Waals surface area contributed by atoms with E-state index in [9.17, 15) is 0 Å². The van der Waals surface area contributed by atoms with Crippen molar-refractivity contribution in [3.63, 3.8) is 0 Å². The molecule has 0 aliphatic rings. The summed E-state index contributed by atoms with van der Waals surface area (Å²) in [6, 6.07) is 61.6. The molecule has 0 amide bonds. The Bertz CT molecular complexity index is 3240. The lowest BCUT2D eigenvalue weighted by Gasteiger charge is -2.11. The van der Waals surface area contributed by atoms with E-state index in [1.165, 1.54) is 21.5 Å². The van der Waals surface area contributed by atoms with Crippen LogP contribution in [-0.2, 0) is 0 Å². The third-order valence-corrected chi connectivity index (χ3v) is 10.5. The van der Waals surface area contributed by atoms with Gasteiger partial charge in [-0.1, -0.05) is 152 Å². The summed E-state index contributed by atoms with van der Waals surface area (Å²) in [4.78, 5) is 15.6. The minimum absolute atomic E-state index is 0.597.